The second-order valence-electron chi connectivity index (χ2n) is 4.25. The zero-order chi connectivity index (χ0) is 10.8. The van der Waals surface area contributed by atoms with Crippen molar-refractivity contribution < 1.29 is 0 Å². The summed E-state index contributed by atoms with van der Waals surface area (Å²) in [6.45, 7) is 0. The number of rotatable bonds is 1. The molecule has 16 heavy (non-hydrogen) atoms. The molecule has 2 aromatic rings. The van der Waals surface area contributed by atoms with Gasteiger partial charge in [0.15, 0.2) is 0 Å². The molecule has 0 bridgehead atoms. The number of hydrogen-bond acceptors (Lipinski definition) is 2. The third kappa shape index (κ3) is 1.71. The van der Waals surface area contributed by atoms with E-state index >= 15 is 0 Å². The fraction of sp³-hybridized carbons (Fsp3) is 0.286. The first-order valence-corrected chi connectivity index (χ1v) is 5.83. The molecule has 1 aliphatic rings. The first-order valence-electron chi connectivity index (χ1n) is 5.83. The first-order chi connectivity index (χ1) is 7.93. The summed E-state index contributed by atoms with van der Waals surface area (Å²) in [4.78, 5) is 8.79. The van der Waals surface area contributed by atoms with Crippen LogP contribution in [0.15, 0.2) is 36.7 Å². The lowest BCUT2D eigenvalue weighted by Crippen LogP contribution is -2.05. The van der Waals surface area contributed by atoms with Gasteiger partial charge in [0.25, 0.3) is 0 Å². The summed E-state index contributed by atoms with van der Waals surface area (Å²) in [5.74, 6) is 0. The number of pyridine rings is 2. The molecule has 0 spiro atoms. The monoisotopic (exact) mass is 210 g/mol. The van der Waals surface area contributed by atoms with E-state index in [1.54, 1.807) is 0 Å². The van der Waals surface area contributed by atoms with Crippen LogP contribution in [0.3, 0.4) is 0 Å². The Kier molecular flexibility index (Phi) is 2.41. The average molecular weight is 210 g/mol. The molecule has 0 radical (unpaired) electrons. The zero-order valence-electron chi connectivity index (χ0n) is 9.19. The summed E-state index contributed by atoms with van der Waals surface area (Å²) in [5, 5.41) is 0. The second kappa shape index (κ2) is 4.05. The molecule has 2 nitrogen and oxygen atoms in total. The van der Waals surface area contributed by atoms with Crippen molar-refractivity contribution in [3.8, 4) is 11.3 Å². The number of aryl methyl sites for hydroxylation is 2. The van der Waals surface area contributed by atoms with Gasteiger partial charge in [-0.3, -0.25) is 9.97 Å². The number of fused-ring (bicyclic) bond motifs is 1. The van der Waals surface area contributed by atoms with Crippen molar-refractivity contribution in [1.29, 1.82) is 0 Å². The largest absolute Gasteiger partial charge is 0.265 e. The maximum atomic E-state index is 4.76. The van der Waals surface area contributed by atoms with Gasteiger partial charge in [-0.05, 0) is 49.4 Å². The van der Waals surface area contributed by atoms with Crippen LogP contribution in [-0.2, 0) is 12.8 Å². The highest BCUT2D eigenvalue weighted by molar-refractivity contribution is 5.58. The third-order valence-corrected chi connectivity index (χ3v) is 3.15. The third-order valence-electron chi connectivity index (χ3n) is 3.15. The van der Waals surface area contributed by atoms with Crippen LogP contribution in [-0.4, -0.2) is 9.97 Å². The number of hydrogen-bond donors (Lipinski definition) is 0. The van der Waals surface area contributed by atoms with E-state index in [1.165, 1.54) is 30.5 Å². The molecule has 0 aromatic carbocycles. The Morgan fingerprint density at radius 1 is 0.875 bits per heavy atom. The van der Waals surface area contributed by atoms with Gasteiger partial charge in [0.2, 0.25) is 0 Å². The summed E-state index contributed by atoms with van der Waals surface area (Å²) in [6.07, 6.45) is 8.54. The van der Waals surface area contributed by atoms with Gasteiger partial charge in [-0.25, -0.2) is 0 Å². The van der Waals surface area contributed by atoms with Crippen LogP contribution in [0.25, 0.3) is 11.3 Å². The molecule has 0 fully saturated rings. The van der Waals surface area contributed by atoms with Gasteiger partial charge in [0, 0.05) is 23.7 Å². The quantitative estimate of drug-likeness (QED) is 0.723. The summed E-state index contributed by atoms with van der Waals surface area (Å²) >= 11 is 0. The van der Waals surface area contributed by atoms with Crippen molar-refractivity contribution in [1.82, 2.24) is 9.97 Å². The van der Waals surface area contributed by atoms with Crippen molar-refractivity contribution in [3.63, 3.8) is 0 Å². The van der Waals surface area contributed by atoms with Crippen LogP contribution >= 0.6 is 0 Å². The highest BCUT2D eigenvalue weighted by atomic mass is 14.7. The summed E-state index contributed by atoms with van der Waals surface area (Å²) in [5.41, 5.74) is 4.95. The van der Waals surface area contributed by atoms with E-state index in [4.69, 9.17) is 4.98 Å². The molecular weight excluding hydrogens is 196 g/mol. The standard InChI is InChI=1S/C14H14N2/c1-2-4-13-11(3-1)5-6-14(16-13)12-7-9-15-10-8-12/h5-10H,1-4H2. The van der Waals surface area contributed by atoms with E-state index in [-0.39, 0.29) is 0 Å². The molecule has 0 saturated heterocycles. The molecular formula is C14H14N2. The Labute approximate surface area is 95.4 Å². The van der Waals surface area contributed by atoms with Crippen LogP contribution in [0.2, 0.25) is 0 Å². The topological polar surface area (TPSA) is 25.8 Å². The lowest BCUT2D eigenvalue weighted by molar-refractivity contribution is 0.668. The van der Waals surface area contributed by atoms with Gasteiger partial charge >= 0.3 is 0 Å². The van der Waals surface area contributed by atoms with E-state index in [2.05, 4.69) is 17.1 Å². The van der Waals surface area contributed by atoms with E-state index in [0.29, 0.717) is 0 Å². The van der Waals surface area contributed by atoms with Gasteiger partial charge in [-0.2, -0.15) is 0 Å². The fourth-order valence-electron chi connectivity index (χ4n) is 2.27. The van der Waals surface area contributed by atoms with Crippen molar-refractivity contribution >= 4 is 0 Å². The Bertz CT molecular complexity index is 491. The van der Waals surface area contributed by atoms with E-state index in [1.807, 2.05) is 24.5 Å². The van der Waals surface area contributed by atoms with Crippen LogP contribution < -0.4 is 0 Å². The minimum atomic E-state index is 1.07. The van der Waals surface area contributed by atoms with Gasteiger partial charge in [0.05, 0.1) is 5.69 Å². The SMILES string of the molecule is c1cc(-c2ccc3c(n2)CCCC3)ccn1. The molecule has 0 aliphatic heterocycles. The van der Waals surface area contributed by atoms with Gasteiger partial charge in [-0.1, -0.05) is 6.07 Å². The van der Waals surface area contributed by atoms with Crippen LogP contribution in [0.4, 0.5) is 0 Å². The minimum absolute atomic E-state index is 1.07. The predicted octanol–water partition coefficient (Wildman–Crippen LogP) is 3.02. The van der Waals surface area contributed by atoms with Crippen LogP contribution in [0.5, 0.6) is 0 Å². The fourth-order valence-corrected chi connectivity index (χ4v) is 2.27. The minimum Gasteiger partial charge on any atom is -0.265 e. The Morgan fingerprint density at radius 3 is 2.56 bits per heavy atom. The highest BCUT2D eigenvalue weighted by Crippen LogP contribution is 2.23. The molecule has 0 unspecified atom stereocenters. The van der Waals surface area contributed by atoms with Crippen molar-refractivity contribution in [2.45, 2.75) is 25.7 Å². The number of aromatic nitrogens is 2. The van der Waals surface area contributed by atoms with Crippen LogP contribution in [0.1, 0.15) is 24.1 Å². The molecule has 0 atom stereocenters. The first kappa shape index (κ1) is 9.52. The Morgan fingerprint density at radius 2 is 1.69 bits per heavy atom. The van der Waals surface area contributed by atoms with Crippen molar-refractivity contribution in [3.05, 3.63) is 47.9 Å². The van der Waals surface area contributed by atoms with Crippen molar-refractivity contribution in [2.75, 3.05) is 0 Å². The molecule has 0 amide bonds. The predicted molar refractivity (Wildman–Crippen MR) is 64.1 cm³/mol. The second-order valence-corrected chi connectivity index (χ2v) is 4.25. The lowest BCUT2D eigenvalue weighted by atomic mass is 9.95. The average Bonchev–Trinajstić information content (AvgIpc) is 2.39. The lowest BCUT2D eigenvalue weighted by Gasteiger charge is -2.15. The van der Waals surface area contributed by atoms with E-state index in [9.17, 15) is 0 Å². The summed E-state index contributed by atoms with van der Waals surface area (Å²) in [6, 6.07) is 8.38. The summed E-state index contributed by atoms with van der Waals surface area (Å²) < 4.78 is 0. The molecule has 1 aliphatic carbocycles. The Hall–Kier alpha value is -1.70. The zero-order valence-corrected chi connectivity index (χ0v) is 9.19. The maximum Gasteiger partial charge on any atom is 0.0706 e. The van der Waals surface area contributed by atoms with Gasteiger partial charge in [0.1, 0.15) is 0 Å². The molecule has 80 valence electrons. The number of nitrogens with zero attached hydrogens (tertiary/aromatic N) is 2. The van der Waals surface area contributed by atoms with E-state index < -0.39 is 0 Å². The molecule has 0 N–H and O–H groups in total. The van der Waals surface area contributed by atoms with Crippen LogP contribution in [0, 0.1) is 0 Å². The maximum absolute atomic E-state index is 4.76. The van der Waals surface area contributed by atoms with Gasteiger partial charge < -0.3 is 0 Å². The van der Waals surface area contributed by atoms with Crippen molar-refractivity contribution in [2.24, 2.45) is 0 Å². The molecule has 3 rings (SSSR count). The molecule has 2 heteroatoms. The van der Waals surface area contributed by atoms with Gasteiger partial charge in [-0.15, -0.1) is 0 Å². The Balaban J connectivity index is 2.03. The smallest absolute Gasteiger partial charge is 0.0706 e. The highest BCUT2D eigenvalue weighted by Gasteiger charge is 2.11. The normalized spacial score (nSPS) is 14.5. The molecule has 2 heterocycles. The summed E-state index contributed by atoms with van der Waals surface area (Å²) in [7, 11) is 0. The van der Waals surface area contributed by atoms with E-state index in [0.717, 1.165) is 17.7 Å². The molecule has 2 aromatic heterocycles. The molecule has 0 saturated carbocycles.